The normalized spacial score (nSPS) is 21.1. The van der Waals surface area contributed by atoms with E-state index < -0.39 is 5.41 Å². The van der Waals surface area contributed by atoms with Gasteiger partial charge in [-0.2, -0.15) is 10.5 Å². The number of fused-ring (bicyclic) bond motifs is 2. The molecule has 0 spiro atoms. The van der Waals surface area contributed by atoms with Crippen LogP contribution in [0.1, 0.15) is 79.7 Å². The fraction of sp³-hybridized carbons (Fsp3) is 0.548. The predicted octanol–water partition coefficient (Wildman–Crippen LogP) is 3.66. The number of rotatable bonds is 9. The first-order chi connectivity index (χ1) is 20.9. The molecular weight excluding hydrogens is 595 g/mol. The molecule has 13 heteroatoms. The van der Waals surface area contributed by atoms with E-state index in [1.54, 1.807) is 38.0 Å². The minimum absolute atomic E-state index is 0.0532. The highest BCUT2D eigenvalue weighted by molar-refractivity contribution is 7.15. The van der Waals surface area contributed by atoms with Crippen LogP contribution in [0.4, 0.5) is 0 Å². The number of nitriles is 1. The molecule has 44 heavy (non-hydrogen) atoms. The molecule has 234 valence electrons. The first-order valence-corrected chi connectivity index (χ1v) is 16.5. The summed E-state index contributed by atoms with van der Waals surface area (Å²) < 4.78 is 0. The molecule has 1 fully saturated rings. The molecule has 4 heterocycles. The van der Waals surface area contributed by atoms with Gasteiger partial charge in [0, 0.05) is 62.3 Å². The van der Waals surface area contributed by atoms with Gasteiger partial charge in [0.25, 0.3) is 11.8 Å². The van der Waals surface area contributed by atoms with E-state index >= 15 is 0 Å². The Kier molecular flexibility index (Phi) is 8.98. The van der Waals surface area contributed by atoms with Crippen LogP contribution in [0.15, 0.2) is 24.4 Å². The number of aromatic nitrogens is 4. The fourth-order valence-electron chi connectivity index (χ4n) is 6.63. The Balaban J connectivity index is 1.58. The van der Waals surface area contributed by atoms with Gasteiger partial charge in [-0.1, -0.05) is 18.7 Å². The summed E-state index contributed by atoms with van der Waals surface area (Å²) in [6.45, 7) is 11.3. The second kappa shape index (κ2) is 12.4. The van der Waals surface area contributed by atoms with Gasteiger partial charge in [-0.15, -0.1) is 32.9 Å². The van der Waals surface area contributed by atoms with Crippen molar-refractivity contribution in [3.05, 3.63) is 60.9 Å². The molecule has 0 aromatic carbocycles. The number of aromatic amines is 1. The number of amides is 2. The van der Waals surface area contributed by atoms with Crippen molar-refractivity contribution < 1.29 is 9.59 Å². The molecule has 0 radical (unpaired) electrons. The van der Waals surface area contributed by atoms with Gasteiger partial charge in [0.05, 0.1) is 21.2 Å². The van der Waals surface area contributed by atoms with Crippen molar-refractivity contribution in [2.75, 3.05) is 34.7 Å². The summed E-state index contributed by atoms with van der Waals surface area (Å²) in [4.78, 5) is 35.2. The zero-order valence-electron chi connectivity index (χ0n) is 26.5. The molecule has 0 bridgehead atoms. The number of hydrogen-bond acceptors (Lipinski definition) is 10. The van der Waals surface area contributed by atoms with Crippen molar-refractivity contribution in [1.82, 2.24) is 40.6 Å². The largest absolute Gasteiger partial charge is 0.355 e. The topological polar surface area (TPSA) is 134 Å². The Morgan fingerprint density at radius 1 is 1.14 bits per heavy atom. The van der Waals surface area contributed by atoms with E-state index in [9.17, 15) is 14.9 Å². The minimum atomic E-state index is -0.866. The molecule has 2 unspecified atom stereocenters. The van der Waals surface area contributed by atoms with Crippen LogP contribution in [0.3, 0.4) is 0 Å². The highest BCUT2D eigenvalue weighted by Gasteiger charge is 2.48. The van der Waals surface area contributed by atoms with E-state index in [1.807, 2.05) is 12.1 Å². The number of nitrogens with zero attached hydrogens (tertiary/aromatic N) is 7. The second-order valence-corrected chi connectivity index (χ2v) is 14.8. The van der Waals surface area contributed by atoms with Crippen LogP contribution in [0.5, 0.6) is 0 Å². The van der Waals surface area contributed by atoms with Crippen LogP contribution in [-0.4, -0.2) is 100.0 Å². The molecular formula is C31H41N9O2S2. The molecule has 1 aliphatic carbocycles. The molecule has 1 aliphatic heterocycles. The number of hydrogen-bond donors (Lipinski definition) is 2. The number of nitrogens with one attached hydrogen (secondary N) is 2. The minimum Gasteiger partial charge on any atom is -0.355 e. The van der Waals surface area contributed by atoms with Gasteiger partial charge >= 0.3 is 0 Å². The van der Waals surface area contributed by atoms with E-state index in [4.69, 9.17) is 0 Å². The third kappa shape index (κ3) is 5.55. The summed E-state index contributed by atoms with van der Waals surface area (Å²) in [5.41, 5.74) is 1.98. The van der Waals surface area contributed by atoms with Crippen LogP contribution < -0.4 is 5.32 Å². The second-order valence-electron chi connectivity index (χ2n) is 12.5. The number of H-pyrrole nitrogens is 1. The third-order valence-corrected chi connectivity index (χ3v) is 11.4. The van der Waals surface area contributed by atoms with Crippen molar-refractivity contribution in [1.29, 1.82) is 5.26 Å². The van der Waals surface area contributed by atoms with Gasteiger partial charge in [0.1, 0.15) is 6.04 Å². The number of carbonyl (C=O) groups excluding carboxylic acids is 2. The van der Waals surface area contributed by atoms with Gasteiger partial charge in [0.2, 0.25) is 0 Å². The van der Waals surface area contributed by atoms with E-state index in [-0.39, 0.29) is 29.9 Å². The van der Waals surface area contributed by atoms with Crippen LogP contribution in [0.2, 0.25) is 0 Å². The smallest absolute Gasteiger partial charge is 0.263 e. The summed E-state index contributed by atoms with van der Waals surface area (Å²) in [5.74, 6) is 0.808. The number of tetrazole rings is 1. The Hall–Kier alpha value is -3.60. The van der Waals surface area contributed by atoms with Gasteiger partial charge in [-0.3, -0.25) is 9.59 Å². The van der Waals surface area contributed by atoms with Gasteiger partial charge < -0.3 is 20.0 Å². The summed E-state index contributed by atoms with van der Waals surface area (Å²) in [6.07, 6.45) is 2.86. The average Bonchev–Trinajstić information content (AvgIpc) is 3.79. The molecule has 0 saturated carbocycles. The lowest BCUT2D eigenvalue weighted by molar-refractivity contribution is 0.0825. The van der Waals surface area contributed by atoms with E-state index in [1.165, 1.54) is 22.7 Å². The molecule has 3 aromatic heterocycles. The van der Waals surface area contributed by atoms with Crippen molar-refractivity contribution in [2.24, 2.45) is 5.92 Å². The first kappa shape index (κ1) is 31.8. The Bertz CT molecular complexity index is 1520. The summed E-state index contributed by atoms with van der Waals surface area (Å²) >= 11 is 3.04. The highest BCUT2D eigenvalue weighted by Crippen LogP contribution is 2.51. The zero-order valence-corrected chi connectivity index (χ0v) is 28.1. The van der Waals surface area contributed by atoms with Crippen LogP contribution in [0.25, 0.3) is 0 Å². The average molecular weight is 636 g/mol. The van der Waals surface area contributed by atoms with Crippen molar-refractivity contribution in [3.63, 3.8) is 0 Å². The zero-order chi connectivity index (χ0) is 31.9. The van der Waals surface area contributed by atoms with Crippen molar-refractivity contribution >= 4 is 34.5 Å². The summed E-state index contributed by atoms with van der Waals surface area (Å²) in [7, 11) is 7.03. The van der Waals surface area contributed by atoms with E-state index in [0.29, 0.717) is 34.5 Å². The quantitative estimate of drug-likeness (QED) is 0.364. The summed E-state index contributed by atoms with van der Waals surface area (Å²) in [5, 5.41) is 29.2. The maximum atomic E-state index is 13.2. The highest BCUT2D eigenvalue weighted by atomic mass is 32.1. The van der Waals surface area contributed by atoms with Crippen molar-refractivity contribution in [2.45, 2.75) is 70.0 Å². The Morgan fingerprint density at radius 3 is 2.18 bits per heavy atom. The first-order valence-electron chi connectivity index (χ1n) is 14.9. The lowest BCUT2D eigenvalue weighted by atomic mass is 9.70. The number of likely N-dealkylation sites (tertiary alicyclic amines) is 1. The Morgan fingerprint density at radius 2 is 1.70 bits per heavy atom. The lowest BCUT2D eigenvalue weighted by Gasteiger charge is -2.35. The molecule has 4 atom stereocenters. The Labute approximate surface area is 266 Å². The number of thiophene rings is 2. The lowest BCUT2D eigenvalue weighted by Crippen LogP contribution is -2.43. The number of aryl methyl sites for hydroxylation is 2. The molecule has 1 saturated heterocycles. The van der Waals surface area contributed by atoms with Crippen LogP contribution in [-0.2, 0) is 18.3 Å². The molecule has 2 N–H and O–H groups in total. The standard InChI is InChI=1S/C31H41N9O2S2/c1-17-11-21(15-32)40(20(17)4)19(3)16-33-18(2)14-31(30-34-36-37-35-30)22-12-26(28(41)38(5)6)43-24(22)9-10-25-23(31)13-27(44-25)29(42)39(7)8/h12-13,17-18,20-21,33H,3,9-11,14,16H2,1-2,4-8H3,(H,34,35,36,37)/t17-,18-,20?,21?/m0/s1. The van der Waals surface area contributed by atoms with Gasteiger partial charge in [0.15, 0.2) is 5.82 Å². The van der Waals surface area contributed by atoms with E-state index in [2.05, 4.69) is 64.3 Å². The van der Waals surface area contributed by atoms with Gasteiger partial charge in [-0.25, -0.2) is 0 Å². The van der Waals surface area contributed by atoms with Crippen LogP contribution >= 0.6 is 22.7 Å². The maximum Gasteiger partial charge on any atom is 0.263 e. The fourth-order valence-corrected chi connectivity index (χ4v) is 9.15. The monoisotopic (exact) mass is 635 g/mol. The molecule has 2 aliphatic rings. The van der Waals surface area contributed by atoms with Gasteiger partial charge in [-0.05, 0) is 68.7 Å². The van der Waals surface area contributed by atoms with Crippen molar-refractivity contribution in [3.8, 4) is 6.07 Å². The third-order valence-electron chi connectivity index (χ3n) is 9.05. The SMILES string of the molecule is C=C(CN[C@@H](C)CC1(c2nn[nH]n2)c2cc(C(=O)N(C)C)sc2CCc2sc(C(=O)N(C)C)cc21)N1C(C#N)C[C@H](C)C1C. The summed E-state index contributed by atoms with van der Waals surface area (Å²) in [6, 6.07) is 6.43. The predicted molar refractivity (Wildman–Crippen MR) is 172 cm³/mol. The van der Waals surface area contributed by atoms with E-state index in [0.717, 1.165) is 45.8 Å². The molecule has 3 aromatic rings. The van der Waals surface area contributed by atoms with Crippen LogP contribution in [0, 0.1) is 17.2 Å². The molecule has 11 nitrogen and oxygen atoms in total. The molecule has 5 rings (SSSR count). The number of carbonyl (C=O) groups is 2. The molecule has 2 amide bonds. The maximum absolute atomic E-state index is 13.2.